The van der Waals surface area contributed by atoms with Crippen molar-refractivity contribution >= 4 is 15.8 Å². The molecule has 0 atom stereocenters. The fraction of sp³-hybridized carbons (Fsp3) is 0.125. The molecule has 3 aromatic rings. The third-order valence-electron chi connectivity index (χ3n) is 3.37. The Morgan fingerprint density at radius 2 is 1.88 bits per heavy atom. The van der Waals surface area contributed by atoms with E-state index in [1.165, 1.54) is 0 Å². The maximum absolute atomic E-state index is 12.2. The number of pyridine rings is 1. The van der Waals surface area contributed by atoms with Crippen LogP contribution < -0.4 is 0 Å². The van der Waals surface area contributed by atoms with Crippen LogP contribution in [0, 0.1) is 0 Å². The summed E-state index contributed by atoms with van der Waals surface area (Å²) in [5.74, 6) is -2.64. The summed E-state index contributed by atoms with van der Waals surface area (Å²) >= 11 is 0. The molecule has 10 heteroatoms. The summed E-state index contributed by atoms with van der Waals surface area (Å²) in [4.78, 5) is 18.5. The lowest BCUT2D eigenvalue weighted by molar-refractivity contribution is 0.0696. The molecule has 0 aliphatic carbocycles. The largest absolute Gasteiger partial charge is 0.506 e. The van der Waals surface area contributed by atoms with Crippen LogP contribution >= 0.6 is 0 Å². The van der Waals surface area contributed by atoms with Gasteiger partial charge in [-0.2, -0.15) is 4.98 Å². The highest BCUT2D eigenvalue weighted by atomic mass is 32.2. The molecule has 0 fully saturated rings. The molecule has 0 bridgehead atoms. The number of hydrogen-bond donors (Lipinski definition) is 2. The van der Waals surface area contributed by atoms with Gasteiger partial charge >= 0.3 is 5.97 Å². The number of aromatic hydroxyl groups is 1. The summed E-state index contributed by atoms with van der Waals surface area (Å²) in [6.45, 7) is 0. The topological polar surface area (TPSA) is 143 Å². The molecule has 9 nitrogen and oxygen atoms in total. The van der Waals surface area contributed by atoms with Gasteiger partial charge in [0, 0.05) is 6.20 Å². The number of nitrogens with zero attached hydrogens (tertiary/aromatic N) is 3. The molecule has 0 amide bonds. The van der Waals surface area contributed by atoms with Crippen molar-refractivity contribution in [2.24, 2.45) is 0 Å². The van der Waals surface area contributed by atoms with E-state index in [0.29, 0.717) is 5.56 Å². The van der Waals surface area contributed by atoms with Gasteiger partial charge in [-0.25, -0.2) is 18.2 Å². The van der Waals surface area contributed by atoms with E-state index in [4.69, 9.17) is 9.63 Å². The summed E-state index contributed by atoms with van der Waals surface area (Å²) in [5.41, 5.74) is 0.321. The van der Waals surface area contributed by atoms with Gasteiger partial charge in [-0.05, 0) is 11.6 Å². The molecule has 0 saturated heterocycles. The van der Waals surface area contributed by atoms with E-state index >= 15 is 0 Å². The highest BCUT2D eigenvalue weighted by Crippen LogP contribution is 2.25. The third-order valence-corrected chi connectivity index (χ3v) is 4.83. The van der Waals surface area contributed by atoms with Crippen molar-refractivity contribution < 1.29 is 27.9 Å². The van der Waals surface area contributed by atoms with Crippen LogP contribution in [0.25, 0.3) is 11.5 Å². The molecular formula is C16H13N3O6S. The van der Waals surface area contributed by atoms with E-state index in [9.17, 15) is 18.3 Å². The quantitative estimate of drug-likeness (QED) is 0.657. The molecule has 26 heavy (non-hydrogen) atoms. The molecule has 2 aromatic heterocycles. The van der Waals surface area contributed by atoms with E-state index in [0.717, 1.165) is 12.3 Å². The first-order valence-electron chi connectivity index (χ1n) is 7.34. The highest BCUT2D eigenvalue weighted by molar-refractivity contribution is 7.89. The van der Waals surface area contributed by atoms with Crippen molar-refractivity contribution in [3.63, 3.8) is 0 Å². The Morgan fingerprint density at radius 1 is 1.15 bits per heavy atom. The summed E-state index contributed by atoms with van der Waals surface area (Å²) in [6.07, 6.45) is 1.03. The van der Waals surface area contributed by atoms with Crippen molar-refractivity contribution in [1.82, 2.24) is 15.1 Å². The molecule has 1 aromatic carbocycles. The predicted molar refractivity (Wildman–Crippen MR) is 88.9 cm³/mol. The van der Waals surface area contributed by atoms with Gasteiger partial charge in [-0.1, -0.05) is 35.5 Å². The summed E-state index contributed by atoms with van der Waals surface area (Å²) in [5, 5.41) is 22.3. The fourth-order valence-corrected chi connectivity index (χ4v) is 3.52. The first-order chi connectivity index (χ1) is 12.3. The van der Waals surface area contributed by atoms with Gasteiger partial charge in [-0.15, -0.1) is 0 Å². The number of aromatic nitrogens is 3. The van der Waals surface area contributed by atoms with Crippen LogP contribution in [0.1, 0.15) is 21.8 Å². The number of carboxylic acids is 1. The second kappa shape index (κ2) is 6.92. The lowest BCUT2D eigenvalue weighted by atomic mass is 10.2. The minimum absolute atomic E-state index is 0.106. The fourth-order valence-electron chi connectivity index (χ4n) is 2.22. The minimum Gasteiger partial charge on any atom is -0.506 e. The normalized spacial score (nSPS) is 11.4. The maximum Gasteiger partial charge on any atom is 0.337 e. The number of carbonyl (C=O) groups is 1. The van der Waals surface area contributed by atoms with Crippen LogP contribution in [0.5, 0.6) is 5.75 Å². The molecule has 0 unspecified atom stereocenters. The Balaban J connectivity index is 1.79. The Bertz CT molecular complexity index is 1050. The van der Waals surface area contributed by atoms with Crippen molar-refractivity contribution in [2.45, 2.75) is 11.5 Å². The summed E-state index contributed by atoms with van der Waals surface area (Å²) < 4.78 is 29.4. The van der Waals surface area contributed by atoms with Crippen LogP contribution in [-0.2, 0) is 21.3 Å². The van der Waals surface area contributed by atoms with Gasteiger partial charge in [0.15, 0.2) is 15.5 Å². The molecule has 0 aliphatic heterocycles. The SMILES string of the molecule is O=C(O)c1cnc(-c2noc(CS(=O)(=O)Cc3ccccc3)n2)c(O)c1. The Kier molecular flexibility index (Phi) is 4.67. The second-order valence-electron chi connectivity index (χ2n) is 5.43. The van der Waals surface area contributed by atoms with E-state index < -0.39 is 27.3 Å². The highest BCUT2D eigenvalue weighted by Gasteiger charge is 2.21. The molecule has 0 spiro atoms. The van der Waals surface area contributed by atoms with Gasteiger partial charge < -0.3 is 14.7 Å². The summed E-state index contributed by atoms with van der Waals surface area (Å²) in [7, 11) is -3.54. The zero-order valence-electron chi connectivity index (χ0n) is 13.2. The number of hydrogen-bond acceptors (Lipinski definition) is 8. The van der Waals surface area contributed by atoms with Crippen LogP contribution in [0.3, 0.4) is 0 Å². The maximum atomic E-state index is 12.2. The van der Waals surface area contributed by atoms with Gasteiger partial charge in [0.25, 0.3) is 0 Å². The Labute approximate surface area is 147 Å². The van der Waals surface area contributed by atoms with Gasteiger partial charge in [0.1, 0.15) is 11.5 Å². The molecule has 2 heterocycles. The summed E-state index contributed by atoms with van der Waals surface area (Å²) in [6, 6.07) is 9.66. The van der Waals surface area contributed by atoms with Gasteiger partial charge in [0.05, 0.1) is 11.3 Å². The van der Waals surface area contributed by atoms with E-state index in [2.05, 4.69) is 15.1 Å². The average Bonchev–Trinajstić information content (AvgIpc) is 3.02. The molecule has 0 radical (unpaired) electrons. The minimum atomic E-state index is -3.54. The number of rotatable bonds is 6. The lowest BCUT2D eigenvalue weighted by Crippen LogP contribution is -2.07. The van der Waals surface area contributed by atoms with Crippen LogP contribution in [0.4, 0.5) is 0 Å². The average molecular weight is 375 g/mol. The monoisotopic (exact) mass is 375 g/mol. The first-order valence-corrected chi connectivity index (χ1v) is 9.16. The Morgan fingerprint density at radius 3 is 2.54 bits per heavy atom. The first kappa shape index (κ1) is 17.5. The van der Waals surface area contributed by atoms with E-state index in [-0.39, 0.29) is 28.7 Å². The van der Waals surface area contributed by atoms with E-state index in [1.807, 2.05) is 0 Å². The smallest absolute Gasteiger partial charge is 0.337 e. The van der Waals surface area contributed by atoms with Crippen molar-refractivity contribution in [1.29, 1.82) is 0 Å². The van der Waals surface area contributed by atoms with Crippen LogP contribution in [-0.4, -0.2) is 39.7 Å². The molecule has 2 N–H and O–H groups in total. The third kappa shape index (κ3) is 4.03. The lowest BCUT2D eigenvalue weighted by Gasteiger charge is -2.01. The van der Waals surface area contributed by atoms with E-state index in [1.54, 1.807) is 30.3 Å². The van der Waals surface area contributed by atoms with Crippen molar-refractivity contribution in [3.05, 3.63) is 59.6 Å². The van der Waals surface area contributed by atoms with Gasteiger partial charge in [0.2, 0.25) is 11.7 Å². The number of carboxylic acid groups (broad SMARTS) is 1. The Hall–Kier alpha value is -3.27. The molecule has 0 saturated carbocycles. The zero-order chi connectivity index (χ0) is 18.7. The molecule has 0 aliphatic rings. The predicted octanol–water partition coefficient (Wildman–Crippen LogP) is 1.65. The second-order valence-corrected chi connectivity index (χ2v) is 7.49. The van der Waals surface area contributed by atoms with Crippen molar-refractivity contribution in [2.75, 3.05) is 0 Å². The molecule has 134 valence electrons. The standard InChI is InChI=1S/C16H13N3O6S/c20-12-6-11(16(21)22)7-17-14(12)15-18-13(25-19-15)9-26(23,24)8-10-4-2-1-3-5-10/h1-7,20H,8-9H2,(H,21,22). The number of aromatic carboxylic acids is 1. The molecular weight excluding hydrogens is 362 g/mol. The number of benzene rings is 1. The number of sulfone groups is 1. The molecule has 3 rings (SSSR count). The zero-order valence-corrected chi connectivity index (χ0v) is 14.0. The van der Waals surface area contributed by atoms with Crippen LogP contribution in [0.15, 0.2) is 47.1 Å². The van der Waals surface area contributed by atoms with Crippen LogP contribution in [0.2, 0.25) is 0 Å². The van der Waals surface area contributed by atoms with Gasteiger partial charge in [-0.3, -0.25) is 0 Å². The van der Waals surface area contributed by atoms with Crippen molar-refractivity contribution in [3.8, 4) is 17.3 Å².